The molecule has 6 heteroatoms. The van der Waals surface area contributed by atoms with Gasteiger partial charge in [0.15, 0.2) is 8.32 Å². The Morgan fingerprint density at radius 2 is 1.62 bits per heavy atom. The van der Waals surface area contributed by atoms with Crippen LogP contribution in [0.5, 0.6) is 0 Å². The molecule has 2 aliphatic carbocycles. The van der Waals surface area contributed by atoms with Gasteiger partial charge in [0, 0.05) is 31.5 Å². The van der Waals surface area contributed by atoms with E-state index in [1.165, 1.54) is 0 Å². The normalized spacial score (nSPS) is 50.8. The monoisotopic (exact) mass is 426 g/mol. The largest absolute Gasteiger partial charge is 0.410 e. The van der Waals surface area contributed by atoms with Gasteiger partial charge in [-0.1, -0.05) is 34.6 Å². The third-order valence-corrected chi connectivity index (χ3v) is 13.8. The number of methoxy groups -OCH3 is 2. The van der Waals surface area contributed by atoms with E-state index in [1.807, 2.05) is 14.2 Å². The quantitative estimate of drug-likeness (QED) is 0.493. The Balaban J connectivity index is 1.90. The van der Waals surface area contributed by atoms with Gasteiger partial charge in [-0.2, -0.15) is 0 Å². The summed E-state index contributed by atoms with van der Waals surface area (Å²) >= 11 is 0. The van der Waals surface area contributed by atoms with Crippen molar-refractivity contribution in [2.75, 3.05) is 14.2 Å². The molecule has 0 aromatic rings. The first kappa shape index (κ1) is 22.2. The van der Waals surface area contributed by atoms with Gasteiger partial charge in [-0.3, -0.25) is 0 Å². The minimum Gasteiger partial charge on any atom is -0.410 e. The summed E-state index contributed by atoms with van der Waals surface area (Å²) in [4.78, 5) is 0. The third kappa shape index (κ3) is 2.69. The Hall–Kier alpha value is 0.0169. The number of ether oxygens (including phenoxy) is 4. The van der Waals surface area contributed by atoms with E-state index in [0.717, 1.165) is 6.42 Å². The maximum atomic E-state index is 7.28. The van der Waals surface area contributed by atoms with Crippen LogP contribution in [0.1, 0.15) is 54.9 Å². The molecule has 5 nitrogen and oxygen atoms in total. The molecule has 0 unspecified atom stereocenters. The minimum atomic E-state index is -2.04. The van der Waals surface area contributed by atoms with Gasteiger partial charge in [-0.05, 0) is 38.4 Å². The van der Waals surface area contributed by atoms with Crippen LogP contribution >= 0.6 is 0 Å². The Bertz CT molecular complexity index is 673. The molecule has 0 radical (unpaired) electrons. The van der Waals surface area contributed by atoms with Crippen molar-refractivity contribution in [2.45, 2.75) is 115 Å². The topological polar surface area (TPSA) is 49.5 Å². The van der Waals surface area contributed by atoms with Crippen LogP contribution in [0.25, 0.3) is 0 Å². The molecule has 4 rings (SSSR count). The van der Waals surface area contributed by atoms with E-state index in [0.29, 0.717) is 6.10 Å². The van der Waals surface area contributed by atoms with Gasteiger partial charge in [-0.25, -0.2) is 0 Å². The van der Waals surface area contributed by atoms with Gasteiger partial charge >= 0.3 is 0 Å². The smallest absolute Gasteiger partial charge is 0.192 e. The van der Waals surface area contributed by atoms with E-state index >= 15 is 0 Å². The van der Waals surface area contributed by atoms with Crippen molar-refractivity contribution >= 4 is 8.32 Å². The molecule has 4 fully saturated rings. The van der Waals surface area contributed by atoms with Crippen LogP contribution in [0.15, 0.2) is 0 Å². The predicted octanol–water partition coefficient (Wildman–Crippen LogP) is 4.40. The van der Waals surface area contributed by atoms with E-state index in [2.05, 4.69) is 61.6 Å². The molecule has 0 aromatic heterocycles. The molecule has 2 saturated carbocycles. The molecular weight excluding hydrogens is 384 g/mol. The lowest BCUT2D eigenvalue weighted by Gasteiger charge is -2.62. The van der Waals surface area contributed by atoms with E-state index < -0.39 is 13.9 Å². The van der Waals surface area contributed by atoms with E-state index in [-0.39, 0.29) is 52.3 Å². The summed E-state index contributed by atoms with van der Waals surface area (Å²) in [5.74, 6) is 0.359. The van der Waals surface area contributed by atoms with Crippen LogP contribution in [0, 0.1) is 17.3 Å². The van der Waals surface area contributed by atoms with Gasteiger partial charge in [0.2, 0.25) is 0 Å². The molecule has 168 valence electrons. The van der Waals surface area contributed by atoms with E-state index in [1.54, 1.807) is 0 Å². The van der Waals surface area contributed by atoms with Crippen molar-refractivity contribution in [1.29, 1.82) is 0 Å². The van der Waals surface area contributed by atoms with Crippen molar-refractivity contribution in [3.05, 3.63) is 0 Å². The van der Waals surface area contributed by atoms with Crippen LogP contribution in [-0.4, -0.2) is 64.3 Å². The first-order chi connectivity index (χ1) is 13.2. The lowest BCUT2D eigenvalue weighted by Crippen LogP contribution is -2.74. The molecule has 0 N–H and O–H groups in total. The lowest BCUT2D eigenvalue weighted by atomic mass is 9.49. The predicted molar refractivity (Wildman–Crippen MR) is 116 cm³/mol. The van der Waals surface area contributed by atoms with E-state index in [4.69, 9.17) is 23.4 Å². The molecule has 2 aliphatic heterocycles. The first-order valence-electron chi connectivity index (χ1n) is 11.3. The Morgan fingerprint density at radius 1 is 1.00 bits per heavy atom. The molecule has 9 atom stereocenters. The molecule has 0 aromatic carbocycles. The van der Waals surface area contributed by atoms with Crippen molar-refractivity contribution in [3.63, 3.8) is 0 Å². The number of hydrogen-bond acceptors (Lipinski definition) is 5. The number of epoxide rings is 1. The zero-order chi connectivity index (χ0) is 21.8. The zero-order valence-electron chi connectivity index (χ0n) is 20.3. The number of fused-ring (bicyclic) bond motifs is 2. The lowest BCUT2D eigenvalue weighted by molar-refractivity contribution is -0.264. The summed E-state index contributed by atoms with van der Waals surface area (Å²) in [5.41, 5.74) is -1.04. The Kier molecular flexibility index (Phi) is 4.82. The summed E-state index contributed by atoms with van der Waals surface area (Å²) in [6.07, 6.45) is 1.34. The van der Waals surface area contributed by atoms with Gasteiger partial charge < -0.3 is 23.4 Å². The highest BCUT2D eigenvalue weighted by Crippen LogP contribution is 2.70. The summed E-state index contributed by atoms with van der Waals surface area (Å²) < 4.78 is 33.0. The number of rotatable bonds is 4. The highest BCUT2D eigenvalue weighted by molar-refractivity contribution is 6.74. The fraction of sp³-hybridized carbons (Fsp3) is 1.00. The van der Waals surface area contributed by atoms with Crippen molar-refractivity contribution < 1.29 is 23.4 Å². The van der Waals surface area contributed by atoms with Crippen LogP contribution in [-0.2, 0) is 23.4 Å². The summed E-state index contributed by atoms with van der Waals surface area (Å²) in [6.45, 7) is 20.7. The molecule has 2 heterocycles. The van der Waals surface area contributed by atoms with E-state index in [9.17, 15) is 0 Å². The summed E-state index contributed by atoms with van der Waals surface area (Å²) in [7, 11) is 1.59. The Morgan fingerprint density at radius 3 is 2.14 bits per heavy atom. The second kappa shape index (κ2) is 6.29. The molecule has 2 bridgehead atoms. The fourth-order valence-electron chi connectivity index (χ4n) is 6.87. The standard InChI is InChI=1S/C23H42O5Si/c1-13-16-14(26-16)12-22(7)19(25-9)17(24-8)15-18(23(13,22)28-21(15,5)6)27-29(10,11)20(2,3)4/h13-19H,12H2,1-11H3/t13-,14-,15-,16+,17-,18-,19-,22+,23-/m0/s1. The van der Waals surface area contributed by atoms with Gasteiger partial charge in [0.1, 0.15) is 5.60 Å². The zero-order valence-corrected chi connectivity index (χ0v) is 21.3. The van der Waals surface area contributed by atoms with Gasteiger partial charge in [0.05, 0.1) is 36.1 Å². The summed E-state index contributed by atoms with van der Waals surface area (Å²) in [5, 5.41) is 0.126. The van der Waals surface area contributed by atoms with Crippen molar-refractivity contribution in [2.24, 2.45) is 17.3 Å². The van der Waals surface area contributed by atoms with Crippen molar-refractivity contribution in [1.82, 2.24) is 0 Å². The molecular formula is C23H42O5Si. The highest BCUT2D eigenvalue weighted by atomic mass is 28.4. The highest BCUT2D eigenvalue weighted by Gasteiger charge is 2.82. The maximum absolute atomic E-state index is 7.28. The molecule has 2 saturated heterocycles. The van der Waals surface area contributed by atoms with Crippen LogP contribution in [0.2, 0.25) is 18.1 Å². The van der Waals surface area contributed by atoms with Crippen LogP contribution < -0.4 is 0 Å². The first-order valence-corrected chi connectivity index (χ1v) is 14.2. The SMILES string of the molecule is CO[C@H]1[C@H]2[C@H](O[Si](C)(C)C(C)(C)C)[C@@]3(OC2(C)C)[C@@H](C)[C@H]2O[C@H]2C[C@]3(C)[C@H]1OC. The fourth-order valence-corrected chi connectivity index (χ4v) is 8.18. The Labute approximate surface area is 178 Å². The molecule has 4 aliphatic rings. The molecule has 29 heavy (non-hydrogen) atoms. The molecule has 1 spiro atoms. The number of hydrogen-bond donors (Lipinski definition) is 0. The van der Waals surface area contributed by atoms with Gasteiger partial charge in [-0.15, -0.1) is 0 Å². The van der Waals surface area contributed by atoms with Crippen molar-refractivity contribution in [3.8, 4) is 0 Å². The summed E-state index contributed by atoms with van der Waals surface area (Å²) in [6, 6.07) is 0. The van der Waals surface area contributed by atoms with Crippen LogP contribution in [0.4, 0.5) is 0 Å². The average Bonchev–Trinajstić information content (AvgIpc) is 3.30. The second-order valence-corrected chi connectivity index (χ2v) is 17.0. The average molecular weight is 427 g/mol. The third-order valence-electron chi connectivity index (χ3n) is 9.33. The van der Waals surface area contributed by atoms with Crippen LogP contribution in [0.3, 0.4) is 0 Å². The van der Waals surface area contributed by atoms with Gasteiger partial charge in [0.25, 0.3) is 0 Å². The second-order valence-electron chi connectivity index (χ2n) is 12.2. The molecule has 0 amide bonds. The minimum absolute atomic E-state index is 0.0279. The maximum Gasteiger partial charge on any atom is 0.192 e.